The summed E-state index contributed by atoms with van der Waals surface area (Å²) in [7, 11) is 0. The van der Waals surface area contributed by atoms with Crippen LogP contribution in [0.25, 0.3) is 5.69 Å². The van der Waals surface area contributed by atoms with Gasteiger partial charge in [-0.15, -0.1) is 5.10 Å². The first-order chi connectivity index (χ1) is 10.2. The van der Waals surface area contributed by atoms with Crippen molar-refractivity contribution in [2.75, 3.05) is 0 Å². The smallest absolute Gasteiger partial charge is 0.186 e. The first-order valence-corrected chi connectivity index (χ1v) is 7.59. The second-order valence-corrected chi connectivity index (χ2v) is 5.78. The topological polar surface area (TPSA) is 54.5 Å². The highest BCUT2D eigenvalue weighted by Gasteiger charge is 2.15. The number of benzene rings is 1. The van der Waals surface area contributed by atoms with Gasteiger partial charge in [-0.05, 0) is 42.9 Å². The van der Waals surface area contributed by atoms with Gasteiger partial charge in [-0.2, -0.15) is 5.26 Å². The molecule has 0 spiro atoms. The number of aryl methyl sites for hydroxylation is 1. The van der Waals surface area contributed by atoms with Gasteiger partial charge in [0.2, 0.25) is 0 Å². The van der Waals surface area contributed by atoms with Crippen LogP contribution in [-0.4, -0.2) is 15.0 Å². The van der Waals surface area contributed by atoms with Gasteiger partial charge in [0.15, 0.2) is 5.69 Å². The maximum Gasteiger partial charge on any atom is 0.186 e. The van der Waals surface area contributed by atoms with Crippen LogP contribution in [-0.2, 0) is 12.8 Å². The second-order valence-electron chi connectivity index (χ2n) is 5.78. The van der Waals surface area contributed by atoms with E-state index in [1.54, 1.807) is 4.68 Å². The molecule has 0 aliphatic rings. The molecule has 0 aliphatic heterocycles. The average Bonchev–Trinajstić information content (AvgIpc) is 2.87. The Morgan fingerprint density at radius 1 is 1.24 bits per heavy atom. The van der Waals surface area contributed by atoms with Crippen LogP contribution in [0.15, 0.2) is 24.3 Å². The summed E-state index contributed by atoms with van der Waals surface area (Å²) in [4.78, 5) is 0. The SMILES string of the molecule is CCCCc1ccc(-n2nnc(C#N)c2CC(C)C)cc1. The lowest BCUT2D eigenvalue weighted by Gasteiger charge is -2.09. The summed E-state index contributed by atoms with van der Waals surface area (Å²) in [6, 6.07) is 10.5. The van der Waals surface area contributed by atoms with E-state index in [1.165, 1.54) is 18.4 Å². The molecular formula is C17H22N4. The molecule has 0 saturated heterocycles. The van der Waals surface area contributed by atoms with Crippen LogP contribution in [0.2, 0.25) is 0 Å². The fourth-order valence-electron chi connectivity index (χ4n) is 2.35. The number of hydrogen-bond donors (Lipinski definition) is 0. The predicted molar refractivity (Wildman–Crippen MR) is 83.2 cm³/mol. The molecule has 1 aromatic heterocycles. The molecule has 0 radical (unpaired) electrons. The van der Waals surface area contributed by atoms with Gasteiger partial charge in [-0.3, -0.25) is 0 Å². The minimum atomic E-state index is 0.429. The molecule has 2 rings (SSSR count). The molecule has 0 N–H and O–H groups in total. The molecule has 0 atom stereocenters. The van der Waals surface area contributed by atoms with Crippen molar-refractivity contribution in [1.29, 1.82) is 5.26 Å². The summed E-state index contributed by atoms with van der Waals surface area (Å²) >= 11 is 0. The normalized spacial score (nSPS) is 10.8. The molecular weight excluding hydrogens is 260 g/mol. The zero-order chi connectivity index (χ0) is 15.2. The lowest BCUT2D eigenvalue weighted by Crippen LogP contribution is -2.06. The number of aromatic nitrogens is 3. The number of rotatable bonds is 6. The Bertz CT molecular complexity index is 617. The van der Waals surface area contributed by atoms with Crippen molar-refractivity contribution in [3.63, 3.8) is 0 Å². The van der Waals surface area contributed by atoms with Crippen molar-refractivity contribution < 1.29 is 0 Å². The fourth-order valence-corrected chi connectivity index (χ4v) is 2.35. The minimum Gasteiger partial charge on any atom is -0.216 e. The Hall–Kier alpha value is -2.15. The van der Waals surface area contributed by atoms with Gasteiger partial charge in [0.1, 0.15) is 6.07 Å². The molecule has 0 fully saturated rings. The monoisotopic (exact) mass is 282 g/mol. The molecule has 0 amide bonds. The summed E-state index contributed by atoms with van der Waals surface area (Å²) in [5.41, 5.74) is 3.64. The summed E-state index contributed by atoms with van der Waals surface area (Å²) in [5, 5.41) is 17.3. The van der Waals surface area contributed by atoms with E-state index >= 15 is 0 Å². The van der Waals surface area contributed by atoms with E-state index in [1.807, 2.05) is 0 Å². The Balaban J connectivity index is 2.29. The van der Waals surface area contributed by atoms with Crippen LogP contribution in [0.4, 0.5) is 0 Å². The van der Waals surface area contributed by atoms with Crippen LogP contribution in [0, 0.1) is 17.2 Å². The zero-order valence-electron chi connectivity index (χ0n) is 13.0. The Morgan fingerprint density at radius 2 is 1.95 bits per heavy atom. The van der Waals surface area contributed by atoms with Gasteiger partial charge >= 0.3 is 0 Å². The number of nitriles is 1. The van der Waals surface area contributed by atoms with Gasteiger partial charge in [-0.25, -0.2) is 4.68 Å². The van der Waals surface area contributed by atoms with Gasteiger partial charge in [0.05, 0.1) is 11.4 Å². The maximum atomic E-state index is 9.17. The van der Waals surface area contributed by atoms with E-state index in [-0.39, 0.29) is 0 Å². The third-order valence-corrected chi connectivity index (χ3v) is 3.47. The van der Waals surface area contributed by atoms with Gasteiger partial charge in [-0.1, -0.05) is 44.5 Å². The largest absolute Gasteiger partial charge is 0.216 e. The average molecular weight is 282 g/mol. The van der Waals surface area contributed by atoms with E-state index in [9.17, 15) is 0 Å². The predicted octanol–water partition coefficient (Wildman–Crippen LogP) is 3.68. The third kappa shape index (κ3) is 3.69. The van der Waals surface area contributed by atoms with Crippen molar-refractivity contribution in [1.82, 2.24) is 15.0 Å². The van der Waals surface area contributed by atoms with Crippen LogP contribution in [0.5, 0.6) is 0 Å². The standard InChI is InChI=1S/C17H22N4/c1-4-5-6-14-7-9-15(10-8-14)21-17(11-13(2)3)16(12-18)19-20-21/h7-10,13H,4-6,11H2,1-3H3. The number of hydrogen-bond acceptors (Lipinski definition) is 3. The highest BCUT2D eigenvalue weighted by Crippen LogP contribution is 2.17. The van der Waals surface area contributed by atoms with Gasteiger partial charge < -0.3 is 0 Å². The third-order valence-electron chi connectivity index (χ3n) is 3.47. The van der Waals surface area contributed by atoms with Crippen LogP contribution < -0.4 is 0 Å². The molecule has 110 valence electrons. The Labute approximate surface area is 126 Å². The summed E-state index contributed by atoms with van der Waals surface area (Å²) in [6.07, 6.45) is 4.32. The molecule has 0 unspecified atom stereocenters. The van der Waals surface area contributed by atoms with Crippen molar-refractivity contribution in [3.8, 4) is 11.8 Å². The molecule has 0 saturated carbocycles. The highest BCUT2D eigenvalue weighted by molar-refractivity contribution is 5.38. The molecule has 4 nitrogen and oxygen atoms in total. The molecule has 1 heterocycles. The quantitative estimate of drug-likeness (QED) is 0.812. The molecule has 4 heteroatoms. The van der Waals surface area contributed by atoms with Crippen molar-refractivity contribution in [2.24, 2.45) is 5.92 Å². The van der Waals surface area contributed by atoms with Crippen LogP contribution in [0.3, 0.4) is 0 Å². The van der Waals surface area contributed by atoms with Crippen molar-refractivity contribution >= 4 is 0 Å². The van der Waals surface area contributed by atoms with E-state index in [4.69, 9.17) is 5.26 Å². The fraction of sp³-hybridized carbons (Fsp3) is 0.471. The van der Waals surface area contributed by atoms with Crippen LogP contribution >= 0.6 is 0 Å². The van der Waals surface area contributed by atoms with E-state index in [2.05, 4.69) is 61.4 Å². The molecule has 0 bridgehead atoms. The first-order valence-electron chi connectivity index (χ1n) is 7.59. The van der Waals surface area contributed by atoms with E-state index in [0.29, 0.717) is 11.6 Å². The van der Waals surface area contributed by atoms with Gasteiger partial charge in [0.25, 0.3) is 0 Å². The van der Waals surface area contributed by atoms with Crippen molar-refractivity contribution in [2.45, 2.75) is 46.5 Å². The molecule has 0 aliphatic carbocycles. The lowest BCUT2D eigenvalue weighted by molar-refractivity contribution is 0.613. The van der Waals surface area contributed by atoms with E-state index < -0.39 is 0 Å². The summed E-state index contributed by atoms with van der Waals surface area (Å²) < 4.78 is 1.79. The van der Waals surface area contributed by atoms with Gasteiger partial charge in [0, 0.05) is 0 Å². The van der Waals surface area contributed by atoms with Crippen molar-refractivity contribution in [3.05, 3.63) is 41.2 Å². The highest BCUT2D eigenvalue weighted by atomic mass is 15.4. The van der Waals surface area contributed by atoms with Crippen LogP contribution in [0.1, 0.15) is 50.6 Å². The number of unbranched alkanes of at least 4 members (excludes halogenated alkanes) is 1. The summed E-state index contributed by atoms with van der Waals surface area (Å²) in [6.45, 7) is 6.46. The minimum absolute atomic E-state index is 0.429. The Morgan fingerprint density at radius 3 is 2.52 bits per heavy atom. The first kappa shape index (κ1) is 15.2. The molecule has 1 aromatic carbocycles. The summed E-state index contributed by atoms with van der Waals surface area (Å²) in [5.74, 6) is 0.457. The molecule has 21 heavy (non-hydrogen) atoms. The maximum absolute atomic E-state index is 9.17. The lowest BCUT2D eigenvalue weighted by atomic mass is 10.1. The number of nitrogens with zero attached hydrogens (tertiary/aromatic N) is 4. The Kier molecular flexibility index (Phi) is 5.10. The zero-order valence-corrected chi connectivity index (χ0v) is 13.0. The van der Waals surface area contributed by atoms with E-state index in [0.717, 1.165) is 24.2 Å². The molecule has 2 aromatic rings. The second kappa shape index (κ2) is 7.03.